The highest BCUT2D eigenvalue weighted by Crippen LogP contribution is 2.29. The largest absolute Gasteiger partial charge is 0.322 e. The SMILES string of the molecule is O=C1CCC(N2Cc3cc(CN4CCNCC4c4ccccn4)ccc3C2=O)C(=O)N1. The summed E-state index contributed by atoms with van der Waals surface area (Å²) >= 11 is 0. The van der Waals surface area contributed by atoms with E-state index in [4.69, 9.17) is 0 Å². The van der Waals surface area contributed by atoms with E-state index in [1.807, 2.05) is 30.5 Å². The molecule has 2 unspecified atom stereocenters. The average Bonchev–Trinajstić information content (AvgIpc) is 3.10. The Morgan fingerprint density at radius 2 is 2.00 bits per heavy atom. The fraction of sp³-hybridized carbons (Fsp3) is 0.391. The third-order valence-corrected chi connectivity index (χ3v) is 6.36. The van der Waals surface area contributed by atoms with Gasteiger partial charge in [0.15, 0.2) is 0 Å². The summed E-state index contributed by atoms with van der Waals surface area (Å²) in [5.41, 5.74) is 3.78. The molecule has 2 atom stereocenters. The van der Waals surface area contributed by atoms with Crippen molar-refractivity contribution in [1.82, 2.24) is 25.4 Å². The number of carbonyl (C=O) groups excluding carboxylic acids is 3. The molecule has 1 aromatic heterocycles. The van der Waals surface area contributed by atoms with Crippen molar-refractivity contribution in [2.45, 2.75) is 38.0 Å². The molecule has 2 fully saturated rings. The van der Waals surface area contributed by atoms with Crippen LogP contribution < -0.4 is 10.6 Å². The van der Waals surface area contributed by atoms with Gasteiger partial charge in [0.25, 0.3) is 5.91 Å². The summed E-state index contributed by atoms with van der Waals surface area (Å²) in [7, 11) is 0. The minimum atomic E-state index is -0.581. The number of rotatable bonds is 4. The van der Waals surface area contributed by atoms with Gasteiger partial charge in [-0.25, -0.2) is 0 Å². The lowest BCUT2D eigenvalue weighted by Gasteiger charge is -2.36. The minimum Gasteiger partial charge on any atom is -0.322 e. The number of pyridine rings is 1. The van der Waals surface area contributed by atoms with Gasteiger partial charge >= 0.3 is 0 Å². The zero-order chi connectivity index (χ0) is 21.4. The van der Waals surface area contributed by atoms with Gasteiger partial charge in [0.1, 0.15) is 6.04 Å². The summed E-state index contributed by atoms with van der Waals surface area (Å²) in [6, 6.07) is 11.6. The standard InChI is InChI=1S/C23H25N5O3/c29-21-7-6-19(22(30)26-21)28-14-16-11-15(4-5-17(16)23(28)31)13-27-10-9-24-12-20(27)18-3-1-2-8-25-18/h1-5,8,11,19-20,24H,6-7,9-10,12-14H2,(H,26,29,30). The lowest BCUT2D eigenvalue weighted by atomic mass is 10.0. The number of nitrogens with one attached hydrogen (secondary N) is 2. The summed E-state index contributed by atoms with van der Waals surface area (Å²) in [6.07, 6.45) is 2.47. The Balaban J connectivity index is 1.33. The Labute approximate surface area is 180 Å². The van der Waals surface area contributed by atoms with Crippen molar-refractivity contribution in [3.8, 4) is 0 Å². The van der Waals surface area contributed by atoms with Crippen LogP contribution in [-0.4, -0.2) is 58.2 Å². The highest BCUT2D eigenvalue weighted by Gasteiger charge is 2.39. The first kappa shape index (κ1) is 19.8. The van der Waals surface area contributed by atoms with Gasteiger partial charge in [-0.15, -0.1) is 0 Å². The summed E-state index contributed by atoms with van der Waals surface area (Å²) in [5.74, 6) is -0.785. The van der Waals surface area contributed by atoms with E-state index in [0.29, 0.717) is 18.5 Å². The van der Waals surface area contributed by atoms with E-state index in [-0.39, 0.29) is 30.2 Å². The predicted octanol–water partition coefficient (Wildman–Crippen LogP) is 0.989. The van der Waals surface area contributed by atoms with Gasteiger partial charge in [0.2, 0.25) is 11.8 Å². The lowest BCUT2D eigenvalue weighted by Crippen LogP contribution is -2.52. The van der Waals surface area contributed by atoms with Crippen molar-refractivity contribution in [3.05, 3.63) is 65.0 Å². The van der Waals surface area contributed by atoms with Gasteiger partial charge in [-0.2, -0.15) is 0 Å². The van der Waals surface area contributed by atoms with E-state index in [2.05, 4.69) is 32.7 Å². The van der Waals surface area contributed by atoms with Gasteiger partial charge < -0.3 is 10.2 Å². The second kappa shape index (κ2) is 8.20. The Hall–Kier alpha value is -3.10. The van der Waals surface area contributed by atoms with E-state index in [9.17, 15) is 14.4 Å². The molecular formula is C23H25N5O3. The Morgan fingerprint density at radius 3 is 2.81 bits per heavy atom. The smallest absolute Gasteiger partial charge is 0.255 e. The number of imide groups is 1. The summed E-state index contributed by atoms with van der Waals surface area (Å²) < 4.78 is 0. The molecule has 4 heterocycles. The molecule has 2 aromatic rings. The number of piperazine rings is 1. The molecule has 2 N–H and O–H groups in total. The van der Waals surface area contributed by atoms with Gasteiger partial charge in [-0.05, 0) is 35.7 Å². The molecular weight excluding hydrogens is 394 g/mol. The van der Waals surface area contributed by atoms with E-state index in [1.54, 1.807) is 4.90 Å². The first-order valence-electron chi connectivity index (χ1n) is 10.7. The van der Waals surface area contributed by atoms with Gasteiger partial charge in [-0.1, -0.05) is 18.2 Å². The number of carbonyl (C=O) groups is 3. The molecule has 8 nitrogen and oxygen atoms in total. The highest BCUT2D eigenvalue weighted by atomic mass is 16.2. The second-order valence-corrected chi connectivity index (χ2v) is 8.34. The van der Waals surface area contributed by atoms with Crippen molar-refractivity contribution in [3.63, 3.8) is 0 Å². The quantitative estimate of drug-likeness (QED) is 0.718. The highest BCUT2D eigenvalue weighted by molar-refractivity contribution is 6.05. The Bertz CT molecular complexity index is 1030. The van der Waals surface area contributed by atoms with Crippen LogP contribution in [0.3, 0.4) is 0 Å². The van der Waals surface area contributed by atoms with Crippen LogP contribution in [0.2, 0.25) is 0 Å². The molecule has 5 rings (SSSR count). The van der Waals surface area contributed by atoms with E-state index in [1.165, 1.54) is 0 Å². The maximum absolute atomic E-state index is 12.9. The number of benzene rings is 1. The Morgan fingerprint density at radius 1 is 1.10 bits per heavy atom. The molecule has 0 bridgehead atoms. The van der Waals surface area contributed by atoms with Crippen LogP contribution in [-0.2, 0) is 22.7 Å². The zero-order valence-corrected chi connectivity index (χ0v) is 17.2. The van der Waals surface area contributed by atoms with Crippen molar-refractivity contribution >= 4 is 17.7 Å². The number of hydrogen-bond donors (Lipinski definition) is 2. The number of fused-ring (bicyclic) bond motifs is 1. The predicted molar refractivity (Wildman–Crippen MR) is 113 cm³/mol. The van der Waals surface area contributed by atoms with Crippen LogP contribution in [0, 0.1) is 0 Å². The maximum Gasteiger partial charge on any atom is 0.255 e. The molecule has 0 spiro atoms. The number of hydrogen-bond acceptors (Lipinski definition) is 6. The lowest BCUT2D eigenvalue weighted by molar-refractivity contribution is -0.136. The fourth-order valence-electron chi connectivity index (χ4n) is 4.76. The molecule has 0 radical (unpaired) electrons. The molecule has 160 valence electrons. The van der Waals surface area contributed by atoms with Crippen LogP contribution in [0.25, 0.3) is 0 Å². The van der Waals surface area contributed by atoms with Crippen LogP contribution in [0.4, 0.5) is 0 Å². The van der Waals surface area contributed by atoms with Crippen molar-refractivity contribution in [2.24, 2.45) is 0 Å². The van der Waals surface area contributed by atoms with Crippen molar-refractivity contribution in [2.75, 3.05) is 19.6 Å². The van der Waals surface area contributed by atoms with Crippen LogP contribution in [0.15, 0.2) is 42.6 Å². The number of nitrogens with zero attached hydrogens (tertiary/aromatic N) is 3. The molecule has 2 saturated heterocycles. The van der Waals surface area contributed by atoms with Crippen LogP contribution >= 0.6 is 0 Å². The first-order valence-corrected chi connectivity index (χ1v) is 10.7. The summed E-state index contributed by atoms with van der Waals surface area (Å²) in [4.78, 5) is 45.1. The second-order valence-electron chi connectivity index (χ2n) is 8.34. The van der Waals surface area contributed by atoms with E-state index < -0.39 is 6.04 Å². The van der Waals surface area contributed by atoms with E-state index in [0.717, 1.165) is 43.0 Å². The Kier molecular flexibility index (Phi) is 5.25. The molecule has 31 heavy (non-hydrogen) atoms. The van der Waals surface area contributed by atoms with E-state index >= 15 is 0 Å². The van der Waals surface area contributed by atoms with Gasteiger partial charge in [0.05, 0.1) is 11.7 Å². The van der Waals surface area contributed by atoms with Gasteiger partial charge in [-0.3, -0.25) is 29.6 Å². The molecule has 1 aromatic carbocycles. The fourth-order valence-corrected chi connectivity index (χ4v) is 4.76. The normalized spacial score (nSPS) is 24.3. The molecule has 0 aliphatic carbocycles. The topological polar surface area (TPSA) is 94.6 Å². The first-order chi connectivity index (χ1) is 15.1. The van der Waals surface area contributed by atoms with Crippen LogP contribution in [0.1, 0.15) is 46.1 Å². The number of piperidine rings is 1. The number of aromatic nitrogens is 1. The molecule has 0 saturated carbocycles. The monoisotopic (exact) mass is 419 g/mol. The van der Waals surface area contributed by atoms with Gasteiger partial charge in [0, 0.05) is 50.9 Å². The third kappa shape index (κ3) is 3.84. The maximum atomic E-state index is 12.9. The summed E-state index contributed by atoms with van der Waals surface area (Å²) in [5, 5.41) is 5.80. The third-order valence-electron chi connectivity index (χ3n) is 6.36. The zero-order valence-electron chi connectivity index (χ0n) is 17.2. The molecule has 3 amide bonds. The number of amides is 3. The average molecular weight is 419 g/mol. The van der Waals surface area contributed by atoms with Crippen molar-refractivity contribution in [1.29, 1.82) is 0 Å². The molecule has 3 aliphatic heterocycles. The molecule has 3 aliphatic rings. The van der Waals surface area contributed by atoms with Crippen molar-refractivity contribution < 1.29 is 14.4 Å². The minimum absolute atomic E-state index is 0.135. The molecule has 8 heteroatoms. The summed E-state index contributed by atoms with van der Waals surface area (Å²) in [6.45, 7) is 3.86. The van der Waals surface area contributed by atoms with Crippen LogP contribution in [0.5, 0.6) is 0 Å².